The molecule has 0 radical (unpaired) electrons. The lowest BCUT2D eigenvalue weighted by Crippen LogP contribution is -2.41. The van der Waals surface area contributed by atoms with Crippen molar-refractivity contribution < 1.29 is 4.79 Å². The molecule has 3 unspecified atom stereocenters. The van der Waals surface area contributed by atoms with Gasteiger partial charge in [-0.1, -0.05) is 50.1 Å². The van der Waals surface area contributed by atoms with E-state index in [1.54, 1.807) is 0 Å². The van der Waals surface area contributed by atoms with Gasteiger partial charge in [0, 0.05) is 6.04 Å². The third-order valence-electron chi connectivity index (χ3n) is 4.72. The van der Waals surface area contributed by atoms with E-state index in [1.165, 1.54) is 31.2 Å². The summed E-state index contributed by atoms with van der Waals surface area (Å²) in [5.41, 5.74) is 1.23. The van der Waals surface area contributed by atoms with Crippen molar-refractivity contribution in [1.29, 1.82) is 0 Å². The lowest BCUT2D eigenvalue weighted by atomic mass is 9.86. The van der Waals surface area contributed by atoms with Gasteiger partial charge in [-0.05, 0) is 30.7 Å². The first-order valence-electron chi connectivity index (χ1n) is 7.82. The van der Waals surface area contributed by atoms with Crippen LogP contribution in [0.5, 0.6) is 0 Å². The van der Waals surface area contributed by atoms with Crippen LogP contribution in [0.15, 0.2) is 30.3 Å². The molecule has 1 saturated heterocycles. The molecule has 1 N–H and O–H groups in total. The number of benzene rings is 1. The number of hydrogen-bond donors (Lipinski definition) is 1. The van der Waals surface area contributed by atoms with Crippen LogP contribution in [0.3, 0.4) is 0 Å². The molecule has 3 atom stereocenters. The summed E-state index contributed by atoms with van der Waals surface area (Å²) in [5.74, 6) is 1.06. The van der Waals surface area contributed by atoms with Crippen LogP contribution in [0.25, 0.3) is 0 Å². The van der Waals surface area contributed by atoms with Crippen molar-refractivity contribution >= 4 is 5.91 Å². The number of carbonyl (C=O) groups excluding carboxylic acids is 1. The van der Waals surface area contributed by atoms with E-state index in [-0.39, 0.29) is 6.04 Å². The van der Waals surface area contributed by atoms with Crippen LogP contribution in [0, 0.1) is 5.92 Å². The summed E-state index contributed by atoms with van der Waals surface area (Å²) in [5, 5.41) is 3.39. The molecule has 3 heteroatoms. The molecule has 1 aliphatic heterocycles. The van der Waals surface area contributed by atoms with Crippen molar-refractivity contribution in [1.82, 2.24) is 10.2 Å². The Balaban J connectivity index is 1.62. The zero-order valence-electron chi connectivity index (χ0n) is 12.2. The van der Waals surface area contributed by atoms with E-state index < -0.39 is 0 Å². The molecule has 3 rings (SSSR count). The summed E-state index contributed by atoms with van der Waals surface area (Å²) in [6.07, 6.45) is 5.73. The largest absolute Gasteiger partial charge is 0.326 e. The van der Waals surface area contributed by atoms with Gasteiger partial charge in [-0.15, -0.1) is 0 Å². The van der Waals surface area contributed by atoms with Crippen molar-refractivity contribution in [2.45, 2.75) is 51.1 Å². The van der Waals surface area contributed by atoms with Crippen LogP contribution in [0.2, 0.25) is 0 Å². The SMILES string of the molecule is CC1CCCC(N2CNC(Cc3ccccc3)C2=O)C1. The van der Waals surface area contributed by atoms with E-state index >= 15 is 0 Å². The van der Waals surface area contributed by atoms with E-state index in [0.29, 0.717) is 11.9 Å². The number of hydrogen-bond acceptors (Lipinski definition) is 2. The Labute approximate surface area is 121 Å². The number of nitrogens with one attached hydrogen (secondary N) is 1. The third-order valence-corrected chi connectivity index (χ3v) is 4.72. The highest BCUT2D eigenvalue weighted by Gasteiger charge is 2.36. The molecular formula is C17H24N2O. The molecule has 2 fully saturated rings. The molecule has 1 saturated carbocycles. The Kier molecular flexibility index (Phi) is 4.06. The Morgan fingerprint density at radius 3 is 2.80 bits per heavy atom. The van der Waals surface area contributed by atoms with Gasteiger partial charge < -0.3 is 4.90 Å². The number of rotatable bonds is 3. The maximum Gasteiger partial charge on any atom is 0.241 e. The minimum atomic E-state index is -0.0327. The smallest absolute Gasteiger partial charge is 0.241 e. The lowest BCUT2D eigenvalue weighted by molar-refractivity contribution is -0.131. The van der Waals surface area contributed by atoms with Gasteiger partial charge >= 0.3 is 0 Å². The van der Waals surface area contributed by atoms with Crippen molar-refractivity contribution in [3.05, 3.63) is 35.9 Å². The van der Waals surface area contributed by atoms with E-state index in [1.807, 2.05) is 18.2 Å². The Bertz CT molecular complexity index is 459. The van der Waals surface area contributed by atoms with E-state index in [9.17, 15) is 4.79 Å². The summed E-state index contributed by atoms with van der Waals surface area (Å²) >= 11 is 0. The summed E-state index contributed by atoms with van der Waals surface area (Å²) in [4.78, 5) is 14.7. The van der Waals surface area contributed by atoms with Crippen molar-refractivity contribution in [2.24, 2.45) is 5.92 Å². The zero-order chi connectivity index (χ0) is 13.9. The Hall–Kier alpha value is -1.35. The molecule has 2 aliphatic rings. The van der Waals surface area contributed by atoms with Crippen LogP contribution >= 0.6 is 0 Å². The molecule has 0 spiro atoms. The maximum absolute atomic E-state index is 12.6. The number of nitrogens with zero attached hydrogens (tertiary/aromatic N) is 1. The van der Waals surface area contributed by atoms with Crippen molar-refractivity contribution in [2.75, 3.05) is 6.67 Å². The topological polar surface area (TPSA) is 32.3 Å². The quantitative estimate of drug-likeness (QED) is 0.917. The zero-order valence-corrected chi connectivity index (χ0v) is 12.2. The number of carbonyl (C=O) groups is 1. The predicted octanol–water partition coefficient (Wildman–Crippen LogP) is 2.57. The second kappa shape index (κ2) is 5.96. The van der Waals surface area contributed by atoms with E-state index in [2.05, 4.69) is 29.3 Å². The minimum absolute atomic E-state index is 0.0327. The van der Waals surface area contributed by atoms with Gasteiger partial charge in [-0.3, -0.25) is 10.1 Å². The molecule has 1 aliphatic carbocycles. The summed E-state index contributed by atoms with van der Waals surface area (Å²) in [6.45, 7) is 3.04. The standard InChI is InChI=1S/C17H24N2O/c1-13-6-5-9-15(10-13)19-12-18-16(17(19)20)11-14-7-3-2-4-8-14/h2-4,7-8,13,15-16,18H,5-6,9-12H2,1H3. The van der Waals surface area contributed by atoms with Crippen molar-refractivity contribution in [3.63, 3.8) is 0 Å². The van der Waals surface area contributed by atoms with Crippen LogP contribution in [-0.4, -0.2) is 29.6 Å². The average molecular weight is 272 g/mol. The maximum atomic E-state index is 12.6. The fourth-order valence-electron chi connectivity index (χ4n) is 3.58. The van der Waals surface area contributed by atoms with Crippen LogP contribution in [0.1, 0.15) is 38.2 Å². The Morgan fingerprint density at radius 2 is 2.05 bits per heavy atom. The number of amides is 1. The van der Waals surface area contributed by atoms with Gasteiger partial charge in [0.2, 0.25) is 5.91 Å². The summed E-state index contributed by atoms with van der Waals surface area (Å²) < 4.78 is 0. The van der Waals surface area contributed by atoms with Gasteiger partial charge in [0.05, 0.1) is 12.7 Å². The van der Waals surface area contributed by atoms with Gasteiger partial charge in [0.25, 0.3) is 0 Å². The molecule has 1 aromatic carbocycles. The molecule has 20 heavy (non-hydrogen) atoms. The molecule has 3 nitrogen and oxygen atoms in total. The van der Waals surface area contributed by atoms with Gasteiger partial charge in [-0.25, -0.2) is 0 Å². The van der Waals surface area contributed by atoms with Gasteiger partial charge in [0.15, 0.2) is 0 Å². The Morgan fingerprint density at radius 1 is 1.25 bits per heavy atom. The molecular weight excluding hydrogens is 248 g/mol. The van der Waals surface area contributed by atoms with Gasteiger partial charge in [-0.2, -0.15) is 0 Å². The fourth-order valence-corrected chi connectivity index (χ4v) is 3.58. The van der Waals surface area contributed by atoms with Crippen LogP contribution in [-0.2, 0) is 11.2 Å². The molecule has 108 valence electrons. The minimum Gasteiger partial charge on any atom is -0.326 e. The summed E-state index contributed by atoms with van der Waals surface area (Å²) in [6, 6.07) is 10.7. The fraction of sp³-hybridized carbons (Fsp3) is 0.588. The highest BCUT2D eigenvalue weighted by atomic mass is 16.2. The highest BCUT2D eigenvalue weighted by Crippen LogP contribution is 2.28. The first kappa shape index (κ1) is 13.6. The molecule has 0 bridgehead atoms. The van der Waals surface area contributed by atoms with Gasteiger partial charge in [0.1, 0.15) is 0 Å². The third kappa shape index (κ3) is 2.88. The lowest BCUT2D eigenvalue weighted by Gasteiger charge is -2.33. The van der Waals surface area contributed by atoms with Crippen LogP contribution in [0.4, 0.5) is 0 Å². The van der Waals surface area contributed by atoms with E-state index in [4.69, 9.17) is 0 Å². The molecule has 0 aromatic heterocycles. The molecule has 1 amide bonds. The second-order valence-corrected chi connectivity index (χ2v) is 6.34. The average Bonchev–Trinajstić information content (AvgIpc) is 2.81. The predicted molar refractivity (Wildman–Crippen MR) is 80.2 cm³/mol. The second-order valence-electron chi connectivity index (χ2n) is 6.34. The first-order valence-corrected chi connectivity index (χ1v) is 7.82. The molecule has 1 heterocycles. The van der Waals surface area contributed by atoms with E-state index in [0.717, 1.165) is 19.0 Å². The summed E-state index contributed by atoms with van der Waals surface area (Å²) in [7, 11) is 0. The highest BCUT2D eigenvalue weighted by molar-refractivity contribution is 5.84. The molecule has 1 aromatic rings. The van der Waals surface area contributed by atoms with Crippen LogP contribution < -0.4 is 5.32 Å². The monoisotopic (exact) mass is 272 g/mol. The van der Waals surface area contributed by atoms with Crippen molar-refractivity contribution in [3.8, 4) is 0 Å². The first-order chi connectivity index (χ1) is 9.74. The normalized spacial score (nSPS) is 30.8.